The van der Waals surface area contributed by atoms with E-state index in [4.69, 9.17) is 5.73 Å². The SMILES string of the molecule is CCC(N=CN)=Nc1ccc(Br)cn1. The summed E-state index contributed by atoms with van der Waals surface area (Å²) >= 11 is 3.30. The second kappa shape index (κ2) is 5.49. The number of rotatable bonds is 2. The maximum absolute atomic E-state index is 5.18. The van der Waals surface area contributed by atoms with Crippen molar-refractivity contribution in [2.24, 2.45) is 15.7 Å². The predicted molar refractivity (Wildman–Crippen MR) is 62.0 cm³/mol. The maximum Gasteiger partial charge on any atom is 0.154 e. The molecule has 5 heteroatoms. The Balaban J connectivity index is 2.89. The van der Waals surface area contributed by atoms with Gasteiger partial charge in [-0.2, -0.15) is 0 Å². The van der Waals surface area contributed by atoms with Crippen LogP contribution in [0.4, 0.5) is 5.82 Å². The zero-order chi connectivity index (χ0) is 10.4. The van der Waals surface area contributed by atoms with Crippen LogP contribution in [0.25, 0.3) is 0 Å². The number of pyridine rings is 1. The van der Waals surface area contributed by atoms with Gasteiger partial charge in [0, 0.05) is 17.1 Å². The molecule has 0 fully saturated rings. The fourth-order valence-corrected chi connectivity index (χ4v) is 1.09. The number of hydrogen-bond donors (Lipinski definition) is 1. The van der Waals surface area contributed by atoms with E-state index in [2.05, 4.69) is 30.9 Å². The maximum atomic E-state index is 5.18. The molecular formula is C9H11BrN4. The Morgan fingerprint density at radius 2 is 2.43 bits per heavy atom. The molecule has 1 aromatic heterocycles. The molecule has 0 aliphatic carbocycles. The van der Waals surface area contributed by atoms with Crippen LogP contribution in [0.3, 0.4) is 0 Å². The van der Waals surface area contributed by atoms with Gasteiger partial charge in [-0.1, -0.05) is 6.92 Å². The fourth-order valence-electron chi connectivity index (χ4n) is 0.852. The van der Waals surface area contributed by atoms with Crippen molar-refractivity contribution in [3.05, 3.63) is 22.8 Å². The molecular weight excluding hydrogens is 244 g/mol. The van der Waals surface area contributed by atoms with Crippen molar-refractivity contribution in [1.82, 2.24) is 4.98 Å². The number of halogens is 1. The second-order valence-electron chi connectivity index (χ2n) is 2.49. The van der Waals surface area contributed by atoms with Gasteiger partial charge in [0.25, 0.3) is 0 Å². The van der Waals surface area contributed by atoms with Gasteiger partial charge in [-0.25, -0.2) is 15.0 Å². The van der Waals surface area contributed by atoms with Crippen molar-refractivity contribution >= 4 is 33.9 Å². The first-order chi connectivity index (χ1) is 6.76. The highest BCUT2D eigenvalue weighted by Gasteiger charge is 1.94. The van der Waals surface area contributed by atoms with Crippen molar-refractivity contribution in [3.8, 4) is 0 Å². The molecule has 0 spiro atoms. The molecule has 0 saturated carbocycles. The number of hydrogen-bond acceptors (Lipinski definition) is 2. The predicted octanol–water partition coefficient (Wildman–Crippen LogP) is 2.27. The third kappa shape index (κ3) is 3.26. The Hall–Kier alpha value is -1.23. The summed E-state index contributed by atoms with van der Waals surface area (Å²) in [5, 5.41) is 0. The van der Waals surface area contributed by atoms with Crippen molar-refractivity contribution in [2.45, 2.75) is 13.3 Å². The highest BCUT2D eigenvalue weighted by Crippen LogP contribution is 2.13. The summed E-state index contributed by atoms with van der Waals surface area (Å²) in [6.07, 6.45) is 3.66. The molecule has 0 bridgehead atoms. The van der Waals surface area contributed by atoms with Gasteiger partial charge in [0.1, 0.15) is 5.84 Å². The Labute approximate surface area is 91.1 Å². The van der Waals surface area contributed by atoms with Crippen molar-refractivity contribution < 1.29 is 0 Å². The molecule has 4 nitrogen and oxygen atoms in total. The second-order valence-corrected chi connectivity index (χ2v) is 3.41. The van der Waals surface area contributed by atoms with Crippen LogP contribution in [0, 0.1) is 0 Å². The van der Waals surface area contributed by atoms with Crippen molar-refractivity contribution in [3.63, 3.8) is 0 Å². The van der Waals surface area contributed by atoms with Gasteiger partial charge in [0.2, 0.25) is 0 Å². The Morgan fingerprint density at radius 3 is 2.93 bits per heavy atom. The number of aromatic nitrogens is 1. The zero-order valence-corrected chi connectivity index (χ0v) is 9.40. The third-order valence-corrected chi connectivity index (χ3v) is 1.96. The monoisotopic (exact) mass is 254 g/mol. The standard InChI is InChI=1S/C9H11BrN4/c1-2-8(13-6-11)14-9-4-3-7(10)5-12-9/h3-6H,2H2,1H3,(H2,11,12,13,14). The first-order valence-electron chi connectivity index (χ1n) is 4.19. The van der Waals surface area contributed by atoms with Gasteiger partial charge in [0.15, 0.2) is 5.82 Å². The van der Waals surface area contributed by atoms with Crippen molar-refractivity contribution in [1.29, 1.82) is 0 Å². The molecule has 0 aliphatic rings. The average Bonchev–Trinajstić information content (AvgIpc) is 2.20. The Morgan fingerprint density at radius 1 is 1.64 bits per heavy atom. The van der Waals surface area contributed by atoms with E-state index in [0.29, 0.717) is 11.7 Å². The lowest BCUT2D eigenvalue weighted by molar-refractivity contribution is 1.19. The smallest absolute Gasteiger partial charge is 0.154 e. The average molecular weight is 255 g/mol. The first-order valence-corrected chi connectivity index (χ1v) is 4.99. The minimum absolute atomic E-state index is 0.635. The van der Waals surface area contributed by atoms with Crippen LogP contribution in [0.2, 0.25) is 0 Å². The van der Waals surface area contributed by atoms with E-state index in [1.165, 1.54) is 6.34 Å². The summed E-state index contributed by atoms with van der Waals surface area (Å²) in [6.45, 7) is 1.96. The van der Waals surface area contributed by atoms with E-state index >= 15 is 0 Å². The van der Waals surface area contributed by atoms with E-state index < -0.39 is 0 Å². The van der Waals surface area contributed by atoms with Gasteiger partial charge in [-0.15, -0.1) is 0 Å². The molecule has 1 heterocycles. The molecule has 2 N–H and O–H groups in total. The van der Waals surface area contributed by atoms with Crippen LogP contribution >= 0.6 is 15.9 Å². The molecule has 1 aromatic rings. The van der Waals surface area contributed by atoms with E-state index in [-0.39, 0.29) is 0 Å². The van der Waals surface area contributed by atoms with Gasteiger partial charge in [-0.3, -0.25) is 0 Å². The highest BCUT2D eigenvalue weighted by molar-refractivity contribution is 9.10. The molecule has 0 amide bonds. The molecule has 1 rings (SSSR count). The lowest BCUT2D eigenvalue weighted by Crippen LogP contribution is -1.97. The zero-order valence-electron chi connectivity index (χ0n) is 7.81. The van der Waals surface area contributed by atoms with Gasteiger partial charge < -0.3 is 5.73 Å². The van der Waals surface area contributed by atoms with Crippen molar-refractivity contribution in [2.75, 3.05) is 0 Å². The number of nitrogens with two attached hydrogens (primary N) is 1. The van der Waals surface area contributed by atoms with Crippen LogP contribution < -0.4 is 5.73 Å². The third-order valence-electron chi connectivity index (χ3n) is 1.50. The molecule has 0 radical (unpaired) electrons. The summed E-state index contributed by atoms with van der Waals surface area (Å²) < 4.78 is 0.928. The summed E-state index contributed by atoms with van der Waals surface area (Å²) in [5.41, 5.74) is 5.18. The van der Waals surface area contributed by atoms with E-state index in [1.807, 2.05) is 19.1 Å². The fraction of sp³-hybridized carbons (Fsp3) is 0.222. The topological polar surface area (TPSA) is 63.6 Å². The van der Waals surface area contributed by atoms with Gasteiger partial charge >= 0.3 is 0 Å². The summed E-state index contributed by atoms with van der Waals surface area (Å²) in [7, 11) is 0. The van der Waals surface area contributed by atoms with Crippen LogP contribution in [0.1, 0.15) is 13.3 Å². The minimum Gasteiger partial charge on any atom is -0.390 e. The lowest BCUT2D eigenvalue weighted by atomic mass is 10.4. The normalized spacial score (nSPS) is 12.3. The molecule has 74 valence electrons. The molecule has 0 saturated heterocycles. The van der Waals surface area contributed by atoms with Crippen LogP contribution in [0.5, 0.6) is 0 Å². The molecule has 0 atom stereocenters. The lowest BCUT2D eigenvalue weighted by Gasteiger charge is -1.96. The first kappa shape index (κ1) is 10.8. The van der Waals surface area contributed by atoms with Crippen LogP contribution in [-0.2, 0) is 0 Å². The molecule has 0 aliphatic heterocycles. The van der Waals surface area contributed by atoms with E-state index in [9.17, 15) is 0 Å². The van der Waals surface area contributed by atoms with E-state index in [0.717, 1.165) is 10.9 Å². The molecule has 0 aromatic carbocycles. The van der Waals surface area contributed by atoms with Crippen LogP contribution in [-0.4, -0.2) is 17.2 Å². The summed E-state index contributed by atoms with van der Waals surface area (Å²) in [5.74, 6) is 1.30. The van der Waals surface area contributed by atoms with Gasteiger partial charge in [0.05, 0.1) is 6.34 Å². The molecule has 14 heavy (non-hydrogen) atoms. The van der Waals surface area contributed by atoms with Gasteiger partial charge in [-0.05, 0) is 28.1 Å². The number of aliphatic imine (C=N–C) groups is 2. The highest BCUT2D eigenvalue weighted by atomic mass is 79.9. The summed E-state index contributed by atoms with van der Waals surface area (Å²) in [6, 6.07) is 3.69. The Bertz CT molecular complexity index is 342. The van der Waals surface area contributed by atoms with E-state index in [1.54, 1.807) is 6.20 Å². The van der Waals surface area contributed by atoms with Crippen LogP contribution in [0.15, 0.2) is 32.8 Å². The minimum atomic E-state index is 0.635. The number of nitrogens with zero attached hydrogens (tertiary/aromatic N) is 3. The molecule has 0 unspecified atom stereocenters. The summed E-state index contributed by atoms with van der Waals surface area (Å²) in [4.78, 5) is 12.2. The number of amidine groups is 1. The largest absolute Gasteiger partial charge is 0.390 e. The quantitative estimate of drug-likeness (QED) is 0.650. The Kier molecular flexibility index (Phi) is 4.25.